The molecular formula is C20H24N6O5. The molecule has 164 valence electrons. The number of fused-ring (bicyclic) bond motifs is 3. The molecule has 0 radical (unpaired) electrons. The summed E-state index contributed by atoms with van der Waals surface area (Å²) in [5, 5.41) is 0. The molecule has 0 unspecified atom stereocenters. The average molecular weight is 428 g/mol. The van der Waals surface area contributed by atoms with Gasteiger partial charge in [0.15, 0.2) is 11.2 Å². The van der Waals surface area contributed by atoms with Crippen LogP contribution in [0.15, 0.2) is 27.8 Å². The quantitative estimate of drug-likeness (QED) is 0.614. The summed E-state index contributed by atoms with van der Waals surface area (Å²) in [6.07, 6.45) is 0. The number of aromatic nitrogens is 4. The number of nitrogens with two attached hydrogens (primary N) is 1. The third-order valence-corrected chi connectivity index (χ3v) is 5.43. The highest BCUT2D eigenvalue weighted by molar-refractivity contribution is 5.79. The minimum Gasteiger partial charge on any atom is -0.497 e. The Kier molecular flexibility index (Phi) is 4.96. The highest BCUT2D eigenvalue weighted by Crippen LogP contribution is 2.39. The second kappa shape index (κ2) is 7.49. The molecule has 31 heavy (non-hydrogen) atoms. The Hall–Kier alpha value is -3.76. The number of amides is 1. The number of ether oxygens (including phenoxy) is 2. The molecule has 0 bridgehead atoms. The van der Waals surface area contributed by atoms with Crippen molar-refractivity contribution < 1.29 is 14.3 Å². The molecule has 0 spiro atoms. The number of methoxy groups -OCH3 is 2. The second-order valence-electron chi connectivity index (χ2n) is 7.65. The van der Waals surface area contributed by atoms with Crippen molar-refractivity contribution in [2.45, 2.75) is 20.0 Å². The van der Waals surface area contributed by atoms with E-state index >= 15 is 0 Å². The van der Waals surface area contributed by atoms with Crippen molar-refractivity contribution in [2.75, 3.05) is 25.7 Å². The van der Waals surface area contributed by atoms with Gasteiger partial charge in [0, 0.05) is 26.2 Å². The van der Waals surface area contributed by atoms with Crippen LogP contribution >= 0.6 is 0 Å². The topological polar surface area (TPSA) is 127 Å². The molecule has 0 aliphatic carbocycles. The molecule has 2 N–H and O–H groups in total. The van der Waals surface area contributed by atoms with Crippen LogP contribution in [-0.4, -0.2) is 45.4 Å². The molecule has 1 aromatic carbocycles. The highest BCUT2D eigenvalue weighted by Gasteiger charge is 2.31. The van der Waals surface area contributed by atoms with Crippen molar-refractivity contribution in [1.82, 2.24) is 18.7 Å². The van der Waals surface area contributed by atoms with Crippen LogP contribution in [0.3, 0.4) is 0 Å². The normalized spacial score (nSPS) is 15.7. The van der Waals surface area contributed by atoms with E-state index in [9.17, 15) is 14.4 Å². The van der Waals surface area contributed by atoms with Gasteiger partial charge in [-0.25, -0.2) is 9.36 Å². The first-order chi connectivity index (χ1) is 14.8. The molecule has 1 aliphatic heterocycles. The minimum atomic E-state index is -0.769. The number of anilines is 2. The Balaban J connectivity index is 1.99. The fourth-order valence-electron chi connectivity index (χ4n) is 4.01. The van der Waals surface area contributed by atoms with E-state index in [1.165, 1.54) is 11.6 Å². The van der Waals surface area contributed by atoms with E-state index in [0.29, 0.717) is 30.5 Å². The summed E-state index contributed by atoms with van der Waals surface area (Å²) >= 11 is 0. The second-order valence-corrected chi connectivity index (χ2v) is 7.65. The van der Waals surface area contributed by atoms with Gasteiger partial charge in [-0.1, -0.05) is 6.92 Å². The first-order valence-electron chi connectivity index (χ1n) is 9.74. The Bertz CT molecular complexity index is 1300. The fourth-order valence-corrected chi connectivity index (χ4v) is 4.01. The lowest BCUT2D eigenvalue weighted by Crippen LogP contribution is -2.43. The molecule has 2 aromatic heterocycles. The highest BCUT2D eigenvalue weighted by atomic mass is 16.5. The maximum absolute atomic E-state index is 13.1. The molecule has 4 rings (SSSR count). The van der Waals surface area contributed by atoms with Crippen molar-refractivity contribution in [2.24, 2.45) is 18.7 Å². The predicted molar refractivity (Wildman–Crippen MR) is 114 cm³/mol. The van der Waals surface area contributed by atoms with E-state index in [2.05, 4.69) is 11.9 Å². The molecule has 1 atom stereocenters. The first kappa shape index (κ1) is 20.5. The summed E-state index contributed by atoms with van der Waals surface area (Å²) in [6.45, 7) is 2.73. The number of hydrogen-bond acceptors (Lipinski definition) is 7. The van der Waals surface area contributed by atoms with E-state index < -0.39 is 23.7 Å². The average Bonchev–Trinajstić information content (AvgIpc) is 3.13. The largest absolute Gasteiger partial charge is 0.497 e. The van der Waals surface area contributed by atoms with Crippen LogP contribution < -0.4 is 31.4 Å². The molecule has 0 saturated heterocycles. The zero-order valence-electron chi connectivity index (χ0n) is 17.8. The molecule has 3 heterocycles. The van der Waals surface area contributed by atoms with E-state index in [4.69, 9.17) is 15.2 Å². The van der Waals surface area contributed by atoms with Crippen molar-refractivity contribution in [3.63, 3.8) is 0 Å². The standard InChI is InChI=1S/C20H24N6O5/c1-11-8-24(13-6-5-12(30-3)7-14(13)31-4)19-22-17-16(25(19)9-11)18(28)26(10-15(21)27)20(29)23(17)2/h5-7,11H,8-10H2,1-4H3,(H2,21,27)/t11-/m1/s1. The smallest absolute Gasteiger partial charge is 0.332 e. The van der Waals surface area contributed by atoms with Crippen molar-refractivity contribution in [3.05, 3.63) is 39.0 Å². The minimum absolute atomic E-state index is 0.165. The summed E-state index contributed by atoms with van der Waals surface area (Å²) in [5.41, 5.74) is 5.27. The number of rotatable bonds is 5. The van der Waals surface area contributed by atoms with Crippen LogP contribution in [0.25, 0.3) is 11.2 Å². The monoisotopic (exact) mass is 428 g/mol. The van der Waals surface area contributed by atoms with Crippen LogP contribution in [0.1, 0.15) is 6.92 Å². The third-order valence-electron chi connectivity index (χ3n) is 5.43. The summed E-state index contributed by atoms with van der Waals surface area (Å²) < 4.78 is 14.7. The lowest BCUT2D eigenvalue weighted by molar-refractivity contribution is -0.118. The third kappa shape index (κ3) is 3.22. The van der Waals surface area contributed by atoms with Gasteiger partial charge >= 0.3 is 5.69 Å². The Morgan fingerprint density at radius 2 is 1.97 bits per heavy atom. The van der Waals surface area contributed by atoms with Gasteiger partial charge in [0.2, 0.25) is 11.9 Å². The maximum atomic E-state index is 13.1. The van der Waals surface area contributed by atoms with Crippen molar-refractivity contribution in [1.29, 1.82) is 0 Å². The van der Waals surface area contributed by atoms with Gasteiger partial charge in [0.1, 0.15) is 18.0 Å². The molecule has 1 amide bonds. The molecular weight excluding hydrogens is 404 g/mol. The summed E-state index contributed by atoms with van der Waals surface area (Å²) in [6, 6.07) is 5.46. The van der Waals surface area contributed by atoms with Crippen LogP contribution in [0.2, 0.25) is 0 Å². The maximum Gasteiger partial charge on any atom is 0.332 e. The number of hydrogen-bond donors (Lipinski definition) is 1. The molecule has 3 aromatic rings. The zero-order chi connectivity index (χ0) is 22.4. The van der Waals surface area contributed by atoms with Crippen LogP contribution in [0, 0.1) is 5.92 Å². The number of primary amides is 1. The Morgan fingerprint density at radius 3 is 2.61 bits per heavy atom. The van der Waals surface area contributed by atoms with Crippen molar-refractivity contribution in [3.8, 4) is 11.5 Å². The summed E-state index contributed by atoms with van der Waals surface area (Å²) in [4.78, 5) is 43.8. The Morgan fingerprint density at radius 1 is 1.23 bits per heavy atom. The predicted octanol–water partition coefficient (Wildman–Crippen LogP) is 0.187. The van der Waals surface area contributed by atoms with Gasteiger partial charge in [-0.3, -0.25) is 14.2 Å². The molecule has 11 heteroatoms. The molecule has 0 saturated carbocycles. The van der Waals surface area contributed by atoms with E-state index in [0.717, 1.165) is 10.3 Å². The molecule has 0 fully saturated rings. The summed E-state index contributed by atoms with van der Waals surface area (Å²) in [5.74, 6) is 1.15. The number of carbonyl (C=O) groups excluding carboxylic acids is 1. The number of carbonyl (C=O) groups is 1. The van der Waals surface area contributed by atoms with Crippen molar-refractivity contribution >= 4 is 28.7 Å². The zero-order valence-corrected chi connectivity index (χ0v) is 17.8. The van der Waals surface area contributed by atoms with Crippen LogP contribution in [0.5, 0.6) is 11.5 Å². The van der Waals surface area contributed by atoms with Gasteiger partial charge in [0.05, 0.1) is 19.9 Å². The lowest BCUT2D eigenvalue weighted by atomic mass is 10.1. The molecule has 11 nitrogen and oxygen atoms in total. The van der Waals surface area contributed by atoms with Gasteiger partial charge < -0.3 is 24.7 Å². The number of imidazole rings is 1. The Labute approximate surface area is 177 Å². The van der Waals surface area contributed by atoms with Gasteiger partial charge in [-0.05, 0) is 18.1 Å². The lowest BCUT2D eigenvalue weighted by Gasteiger charge is -2.33. The van der Waals surface area contributed by atoms with Gasteiger partial charge in [0.25, 0.3) is 5.56 Å². The fraction of sp³-hybridized carbons (Fsp3) is 0.400. The number of benzene rings is 1. The molecule has 1 aliphatic rings. The first-order valence-corrected chi connectivity index (χ1v) is 9.74. The number of nitrogens with zero attached hydrogens (tertiary/aromatic N) is 5. The summed E-state index contributed by atoms with van der Waals surface area (Å²) in [7, 11) is 4.66. The van der Waals surface area contributed by atoms with E-state index in [1.54, 1.807) is 24.9 Å². The van der Waals surface area contributed by atoms with Crippen LogP contribution in [-0.2, 0) is 24.9 Å². The number of aryl methyl sites for hydroxylation is 1. The van der Waals surface area contributed by atoms with Crippen LogP contribution in [0.4, 0.5) is 11.6 Å². The van der Waals surface area contributed by atoms with E-state index in [-0.39, 0.29) is 17.1 Å². The van der Waals surface area contributed by atoms with Gasteiger partial charge in [-0.15, -0.1) is 0 Å². The SMILES string of the molecule is COc1ccc(N2C[C@@H](C)Cn3c2nc2c3c(=O)n(CC(N)=O)c(=O)n2C)c(OC)c1. The van der Waals surface area contributed by atoms with Gasteiger partial charge in [-0.2, -0.15) is 4.98 Å². The van der Waals surface area contributed by atoms with E-state index in [1.807, 2.05) is 17.0 Å².